The molecule has 9 heteroatoms. The van der Waals surface area contributed by atoms with Crippen LogP contribution >= 0.6 is 11.6 Å². The molecule has 0 aromatic heterocycles. The van der Waals surface area contributed by atoms with Crippen LogP contribution in [-0.2, 0) is 21.4 Å². The summed E-state index contributed by atoms with van der Waals surface area (Å²) in [5.74, 6) is 0.483. The van der Waals surface area contributed by atoms with Gasteiger partial charge in [-0.2, -0.15) is 0 Å². The third-order valence-electron chi connectivity index (χ3n) is 4.09. The number of hydrogen-bond acceptors (Lipinski definition) is 5. The molecule has 152 valence electrons. The van der Waals surface area contributed by atoms with Crippen LogP contribution < -0.4 is 13.8 Å². The molecule has 0 bridgehead atoms. The Labute approximate surface area is 170 Å². The number of rotatable bonds is 8. The van der Waals surface area contributed by atoms with Crippen LogP contribution in [0.25, 0.3) is 0 Å². The van der Waals surface area contributed by atoms with Gasteiger partial charge in [-0.05, 0) is 29.8 Å². The second-order valence-corrected chi connectivity index (χ2v) is 8.53. The molecule has 2 aromatic rings. The second-order valence-electron chi connectivity index (χ2n) is 6.19. The number of anilines is 1. The maximum atomic E-state index is 12.7. The van der Waals surface area contributed by atoms with Gasteiger partial charge in [0, 0.05) is 24.7 Å². The molecular formula is C19H23ClN2O5S. The largest absolute Gasteiger partial charge is 0.493 e. The molecule has 0 unspecified atom stereocenters. The lowest BCUT2D eigenvalue weighted by Gasteiger charge is -2.26. The lowest BCUT2D eigenvalue weighted by atomic mass is 10.2. The van der Waals surface area contributed by atoms with Crippen LogP contribution in [0.5, 0.6) is 11.5 Å². The monoisotopic (exact) mass is 426 g/mol. The molecule has 0 aliphatic heterocycles. The first-order valence-corrected chi connectivity index (χ1v) is 10.6. The Morgan fingerprint density at radius 3 is 2.18 bits per heavy atom. The van der Waals surface area contributed by atoms with Crippen molar-refractivity contribution >= 4 is 33.2 Å². The first-order valence-electron chi connectivity index (χ1n) is 8.34. The number of ether oxygens (including phenoxy) is 2. The van der Waals surface area contributed by atoms with E-state index in [1.165, 1.54) is 25.2 Å². The first-order chi connectivity index (χ1) is 13.2. The van der Waals surface area contributed by atoms with E-state index >= 15 is 0 Å². The van der Waals surface area contributed by atoms with E-state index in [0.717, 1.165) is 16.1 Å². The number of methoxy groups -OCH3 is 2. The molecule has 0 aliphatic carbocycles. The van der Waals surface area contributed by atoms with Crippen LogP contribution in [0.1, 0.15) is 5.56 Å². The molecule has 0 saturated carbocycles. The van der Waals surface area contributed by atoms with Crippen molar-refractivity contribution in [3.05, 3.63) is 53.1 Å². The predicted molar refractivity (Wildman–Crippen MR) is 110 cm³/mol. The summed E-state index contributed by atoms with van der Waals surface area (Å²) in [4.78, 5) is 14.1. The summed E-state index contributed by atoms with van der Waals surface area (Å²) >= 11 is 5.87. The maximum Gasteiger partial charge on any atom is 0.243 e. The number of sulfonamides is 1. The van der Waals surface area contributed by atoms with Crippen LogP contribution in [0.2, 0.25) is 5.02 Å². The van der Waals surface area contributed by atoms with Crippen LogP contribution in [0.3, 0.4) is 0 Å². The standard InChI is InChI=1S/C19H23ClN2O5S/c1-21(12-14-5-7-15(20)8-6-14)19(23)13-22(28(4,24)25)16-9-10-17(26-2)18(11-16)27-3/h5-11H,12-13H2,1-4H3. The van der Waals surface area contributed by atoms with E-state index in [0.29, 0.717) is 28.8 Å². The second kappa shape index (κ2) is 9.16. The molecule has 0 aliphatic rings. The number of hydrogen-bond donors (Lipinski definition) is 0. The molecule has 0 spiro atoms. The predicted octanol–water partition coefficient (Wildman–Crippen LogP) is 2.78. The lowest BCUT2D eigenvalue weighted by Crippen LogP contribution is -2.41. The third kappa shape index (κ3) is 5.53. The fourth-order valence-electron chi connectivity index (χ4n) is 2.58. The van der Waals surface area contributed by atoms with Gasteiger partial charge in [-0.15, -0.1) is 0 Å². The van der Waals surface area contributed by atoms with Crippen molar-refractivity contribution in [3.8, 4) is 11.5 Å². The van der Waals surface area contributed by atoms with E-state index in [-0.39, 0.29) is 12.5 Å². The molecule has 0 saturated heterocycles. The van der Waals surface area contributed by atoms with E-state index < -0.39 is 10.0 Å². The Morgan fingerprint density at radius 2 is 1.64 bits per heavy atom. The van der Waals surface area contributed by atoms with Gasteiger partial charge in [-0.1, -0.05) is 23.7 Å². The van der Waals surface area contributed by atoms with Crippen LogP contribution in [0.15, 0.2) is 42.5 Å². The van der Waals surface area contributed by atoms with Crippen molar-refractivity contribution in [1.82, 2.24) is 4.90 Å². The summed E-state index contributed by atoms with van der Waals surface area (Å²) in [6.07, 6.45) is 1.05. The third-order valence-corrected chi connectivity index (χ3v) is 5.49. The van der Waals surface area contributed by atoms with E-state index in [2.05, 4.69) is 0 Å². The summed E-state index contributed by atoms with van der Waals surface area (Å²) in [5.41, 5.74) is 1.20. The van der Waals surface area contributed by atoms with Gasteiger partial charge >= 0.3 is 0 Å². The van der Waals surface area contributed by atoms with Crippen molar-refractivity contribution < 1.29 is 22.7 Å². The Morgan fingerprint density at radius 1 is 1.04 bits per heavy atom. The smallest absolute Gasteiger partial charge is 0.243 e. The lowest BCUT2D eigenvalue weighted by molar-refractivity contribution is -0.128. The average molecular weight is 427 g/mol. The summed E-state index contributed by atoms with van der Waals surface area (Å²) in [7, 11) is 0.863. The van der Waals surface area contributed by atoms with E-state index in [1.807, 2.05) is 12.1 Å². The number of amides is 1. The zero-order valence-corrected chi connectivity index (χ0v) is 17.7. The topological polar surface area (TPSA) is 76.2 Å². The molecule has 0 fully saturated rings. The Hall–Kier alpha value is -2.45. The number of carbonyl (C=O) groups is 1. The summed E-state index contributed by atoms with van der Waals surface area (Å²) < 4.78 is 36.1. The summed E-state index contributed by atoms with van der Waals surface area (Å²) in [6, 6.07) is 11.8. The zero-order valence-electron chi connectivity index (χ0n) is 16.2. The quantitative estimate of drug-likeness (QED) is 0.648. The number of benzene rings is 2. The van der Waals surface area contributed by atoms with Crippen molar-refractivity contribution in [2.45, 2.75) is 6.54 Å². The van der Waals surface area contributed by atoms with Gasteiger partial charge in [-0.3, -0.25) is 9.10 Å². The molecule has 0 N–H and O–H groups in total. The van der Waals surface area contributed by atoms with E-state index in [1.54, 1.807) is 31.3 Å². The van der Waals surface area contributed by atoms with E-state index in [9.17, 15) is 13.2 Å². The van der Waals surface area contributed by atoms with Crippen molar-refractivity contribution in [2.75, 3.05) is 38.4 Å². The minimum atomic E-state index is -3.70. The van der Waals surface area contributed by atoms with Crippen molar-refractivity contribution in [1.29, 1.82) is 0 Å². The van der Waals surface area contributed by atoms with Gasteiger partial charge in [0.25, 0.3) is 0 Å². The van der Waals surface area contributed by atoms with Gasteiger partial charge in [0.05, 0.1) is 26.2 Å². The average Bonchev–Trinajstić information content (AvgIpc) is 2.66. The molecule has 7 nitrogen and oxygen atoms in total. The van der Waals surface area contributed by atoms with Gasteiger partial charge in [0.1, 0.15) is 6.54 Å². The van der Waals surface area contributed by atoms with Crippen molar-refractivity contribution in [2.24, 2.45) is 0 Å². The molecule has 28 heavy (non-hydrogen) atoms. The highest BCUT2D eigenvalue weighted by molar-refractivity contribution is 7.92. The fraction of sp³-hybridized carbons (Fsp3) is 0.316. The molecule has 0 heterocycles. The Bertz CT molecular complexity index is 932. The Kier molecular flexibility index (Phi) is 7.15. The van der Waals surface area contributed by atoms with Crippen LogP contribution in [-0.4, -0.2) is 53.3 Å². The molecular weight excluding hydrogens is 404 g/mol. The molecule has 0 radical (unpaired) electrons. The zero-order chi connectivity index (χ0) is 20.9. The number of halogens is 1. The van der Waals surface area contributed by atoms with Gasteiger partial charge in [0.15, 0.2) is 11.5 Å². The van der Waals surface area contributed by atoms with Gasteiger partial charge < -0.3 is 14.4 Å². The molecule has 1 amide bonds. The van der Waals surface area contributed by atoms with E-state index in [4.69, 9.17) is 21.1 Å². The summed E-state index contributed by atoms with van der Waals surface area (Å²) in [5, 5.41) is 0.606. The number of likely N-dealkylation sites (N-methyl/N-ethyl adjacent to an activating group) is 1. The van der Waals surface area contributed by atoms with Crippen LogP contribution in [0.4, 0.5) is 5.69 Å². The molecule has 0 atom stereocenters. The minimum absolute atomic E-state index is 0.313. The number of carbonyl (C=O) groups excluding carboxylic acids is 1. The summed E-state index contributed by atoms with van der Waals surface area (Å²) in [6.45, 7) is -0.00204. The van der Waals surface area contributed by atoms with Crippen molar-refractivity contribution in [3.63, 3.8) is 0 Å². The highest BCUT2D eigenvalue weighted by atomic mass is 35.5. The minimum Gasteiger partial charge on any atom is -0.493 e. The first kappa shape index (κ1) is 21.8. The number of nitrogens with zero attached hydrogens (tertiary/aromatic N) is 2. The highest BCUT2D eigenvalue weighted by Crippen LogP contribution is 2.32. The Balaban J connectivity index is 2.22. The normalized spacial score (nSPS) is 11.0. The molecule has 2 aromatic carbocycles. The maximum absolute atomic E-state index is 12.7. The fourth-order valence-corrected chi connectivity index (χ4v) is 3.54. The van der Waals surface area contributed by atoms with Crippen LogP contribution in [0, 0.1) is 0 Å². The van der Waals surface area contributed by atoms with Gasteiger partial charge in [-0.25, -0.2) is 8.42 Å². The molecule has 2 rings (SSSR count). The van der Waals surface area contributed by atoms with Gasteiger partial charge in [0.2, 0.25) is 15.9 Å². The highest BCUT2D eigenvalue weighted by Gasteiger charge is 2.24. The SMILES string of the molecule is COc1ccc(N(CC(=O)N(C)Cc2ccc(Cl)cc2)S(C)(=O)=O)cc1OC.